The van der Waals surface area contributed by atoms with Crippen molar-refractivity contribution in [1.29, 1.82) is 0 Å². The highest BCUT2D eigenvalue weighted by Gasteiger charge is 2.69. The van der Waals surface area contributed by atoms with Crippen molar-refractivity contribution >= 4 is 23.0 Å². The van der Waals surface area contributed by atoms with Crippen LogP contribution in [0.25, 0.3) is 0 Å². The van der Waals surface area contributed by atoms with Crippen molar-refractivity contribution < 1.29 is 18.0 Å². The summed E-state index contributed by atoms with van der Waals surface area (Å²) in [5, 5.41) is 2.49. The summed E-state index contributed by atoms with van der Waals surface area (Å²) in [6.07, 6.45) is -2.92. The van der Waals surface area contributed by atoms with E-state index < -0.39 is 17.6 Å². The van der Waals surface area contributed by atoms with E-state index >= 15 is 0 Å². The minimum absolute atomic E-state index is 0.0239. The fourth-order valence-corrected chi connectivity index (χ4v) is 3.61. The van der Waals surface area contributed by atoms with E-state index in [1.807, 2.05) is 6.92 Å². The average Bonchev–Trinajstić information content (AvgIpc) is 2.98. The van der Waals surface area contributed by atoms with Crippen LogP contribution in [0.4, 0.5) is 30.4 Å². The van der Waals surface area contributed by atoms with Crippen molar-refractivity contribution in [3.05, 3.63) is 84.1 Å². The van der Waals surface area contributed by atoms with E-state index in [0.29, 0.717) is 6.42 Å². The zero-order valence-corrected chi connectivity index (χ0v) is 15.6. The first-order valence-electron chi connectivity index (χ1n) is 9.17. The van der Waals surface area contributed by atoms with E-state index in [9.17, 15) is 18.0 Å². The van der Waals surface area contributed by atoms with Gasteiger partial charge in [0.25, 0.3) is 5.66 Å². The van der Waals surface area contributed by atoms with Crippen LogP contribution in [0.2, 0.25) is 0 Å². The number of carbonyl (C=O) groups is 1. The van der Waals surface area contributed by atoms with Crippen LogP contribution in [-0.2, 0) is 6.42 Å². The molecule has 4 rings (SSSR count). The second kappa shape index (κ2) is 6.92. The van der Waals surface area contributed by atoms with Gasteiger partial charge < -0.3 is 5.32 Å². The molecule has 1 atom stereocenters. The number of para-hydroxylation sites is 1. The number of pyridine rings is 1. The first-order valence-corrected chi connectivity index (χ1v) is 9.17. The Bertz CT molecular complexity index is 1040. The summed E-state index contributed by atoms with van der Waals surface area (Å²) in [6.45, 7) is 1.89. The molecule has 1 N–H and O–H groups in total. The van der Waals surface area contributed by atoms with E-state index in [4.69, 9.17) is 0 Å². The van der Waals surface area contributed by atoms with E-state index in [-0.39, 0.29) is 22.8 Å². The minimum Gasteiger partial charge on any atom is -0.348 e. The highest BCUT2D eigenvalue weighted by Crippen LogP contribution is 2.51. The normalized spacial score (nSPS) is 18.6. The Morgan fingerprint density at radius 3 is 2.38 bits per heavy atom. The van der Waals surface area contributed by atoms with Gasteiger partial charge in [-0.05, 0) is 48.4 Å². The molecule has 1 unspecified atom stereocenters. The van der Waals surface area contributed by atoms with Crippen LogP contribution in [0.15, 0.2) is 72.9 Å². The summed E-state index contributed by atoms with van der Waals surface area (Å²) in [7, 11) is 0. The van der Waals surface area contributed by atoms with Gasteiger partial charge in [0.15, 0.2) is 0 Å². The van der Waals surface area contributed by atoms with Crippen LogP contribution >= 0.6 is 0 Å². The molecule has 4 nitrogen and oxygen atoms in total. The molecule has 0 fully saturated rings. The second-order valence-corrected chi connectivity index (χ2v) is 6.76. The molecule has 0 aliphatic carbocycles. The van der Waals surface area contributed by atoms with Gasteiger partial charge >= 0.3 is 6.18 Å². The lowest BCUT2D eigenvalue weighted by Crippen LogP contribution is -2.65. The maximum atomic E-state index is 14.7. The number of fused-ring (bicyclic) bond motifs is 1. The van der Waals surface area contributed by atoms with Crippen molar-refractivity contribution in [2.75, 3.05) is 10.2 Å². The van der Waals surface area contributed by atoms with Crippen molar-refractivity contribution in [1.82, 2.24) is 4.98 Å². The predicted octanol–water partition coefficient (Wildman–Crippen LogP) is 5.35. The molecule has 0 saturated carbocycles. The lowest BCUT2D eigenvalue weighted by Gasteiger charge is -2.40. The quantitative estimate of drug-likeness (QED) is 0.645. The lowest BCUT2D eigenvalue weighted by molar-refractivity contribution is -0.161. The minimum atomic E-state index is -4.93. The van der Waals surface area contributed by atoms with Gasteiger partial charge in [-0.3, -0.25) is 9.69 Å². The lowest BCUT2D eigenvalue weighted by atomic mass is 9.99. The van der Waals surface area contributed by atoms with Crippen LogP contribution in [0.5, 0.6) is 0 Å². The molecule has 1 aromatic heterocycles. The standard InChI is InChI=1S/C22H18F3N3O/c1-2-15-11-12-18-17(14-15)20(29)21(22(23,24)25,27-16-8-4-3-5-9-16)28(18)19-10-6-7-13-26-19/h3-14,27H,2H2,1H3. The molecule has 1 aliphatic rings. The summed E-state index contributed by atoms with van der Waals surface area (Å²) in [4.78, 5) is 18.4. The van der Waals surface area contributed by atoms with Crippen molar-refractivity contribution in [2.24, 2.45) is 0 Å². The van der Waals surface area contributed by atoms with Crippen molar-refractivity contribution in [2.45, 2.75) is 25.2 Å². The van der Waals surface area contributed by atoms with Crippen molar-refractivity contribution in [3.63, 3.8) is 0 Å². The molecule has 29 heavy (non-hydrogen) atoms. The van der Waals surface area contributed by atoms with E-state index in [0.717, 1.165) is 10.5 Å². The first kappa shape index (κ1) is 19.0. The molecule has 0 bridgehead atoms. The summed E-state index contributed by atoms with van der Waals surface area (Å²) in [5.74, 6) is -1.02. The van der Waals surface area contributed by atoms with Gasteiger partial charge in [-0.25, -0.2) is 4.98 Å². The third-order valence-corrected chi connectivity index (χ3v) is 5.01. The number of aryl methyl sites for hydroxylation is 1. The number of benzene rings is 2. The number of anilines is 3. The van der Waals surface area contributed by atoms with Crippen LogP contribution in [-0.4, -0.2) is 22.6 Å². The van der Waals surface area contributed by atoms with Gasteiger partial charge in [-0.1, -0.05) is 37.3 Å². The van der Waals surface area contributed by atoms with Gasteiger partial charge in [0.05, 0.1) is 5.69 Å². The third-order valence-electron chi connectivity index (χ3n) is 5.01. The maximum Gasteiger partial charge on any atom is 0.438 e. The average molecular weight is 397 g/mol. The van der Waals surface area contributed by atoms with E-state index in [1.165, 1.54) is 30.5 Å². The number of aromatic nitrogens is 1. The van der Waals surface area contributed by atoms with Crippen LogP contribution in [0.3, 0.4) is 0 Å². The number of ketones is 1. The monoisotopic (exact) mass is 397 g/mol. The van der Waals surface area contributed by atoms with Gasteiger partial charge in [0.2, 0.25) is 5.78 Å². The van der Waals surface area contributed by atoms with Gasteiger partial charge in [-0.2, -0.15) is 13.2 Å². The molecule has 7 heteroatoms. The molecule has 2 heterocycles. The maximum absolute atomic E-state index is 14.7. The zero-order chi connectivity index (χ0) is 20.6. The molecule has 3 aromatic rings. The third kappa shape index (κ3) is 2.93. The van der Waals surface area contributed by atoms with Gasteiger partial charge in [-0.15, -0.1) is 0 Å². The molecular formula is C22H18F3N3O. The largest absolute Gasteiger partial charge is 0.438 e. The highest BCUT2D eigenvalue weighted by molar-refractivity contribution is 6.17. The summed E-state index contributed by atoms with van der Waals surface area (Å²) < 4.78 is 44.0. The number of alkyl halides is 3. The molecule has 148 valence electrons. The van der Waals surface area contributed by atoms with Crippen molar-refractivity contribution in [3.8, 4) is 0 Å². The Kier molecular flexibility index (Phi) is 4.53. The fourth-order valence-electron chi connectivity index (χ4n) is 3.61. The summed E-state index contributed by atoms with van der Waals surface area (Å²) >= 11 is 0. The summed E-state index contributed by atoms with van der Waals surface area (Å²) in [6, 6.07) is 17.4. The molecule has 0 radical (unpaired) electrons. The van der Waals surface area contributed by atoms with Crippen LogP contribution in [0, 0.1) is 0 Å². The molecule has 1 aliphatic heterocycles. The van der Waals surface area contributed by atoms with E-state index in [2.05, 4.69) is 10.3 Å². The molecule has 0 amide bonds. The highest BCUT2D eigenvalue weighted by atomic mass is 19.4. The van der Waals surface area contributed by atoms with Gasteiger partial charge in [0.1, 0.15) is 5.82 Å². The Morgan fingerprint density at radius 1 is 1.03 bits per heavy atom. The Labute approximate surface area is 166 Å². The SMILES string of the molecule is CCc1ccc2c(c1)C(=O)C(Nc1ccccc1)(C(F)(F)F)N2c1ccccn1. The molecular weight excluding hydrogens is 379 g/mol. The number of halogens is 3. The number of carbonyl (C=O) groups excluding carboxylic acids is 1. The number of nitrogens with one attached hydrogen (secondary N) is 1. The summed E-state index contributed by atoms with van der Waals surface area (Å²) in [5.41, 5.74) is -1.84. The number of hydrogen-bond acceptors (Lipinski definition) is 4. The van der Waals surface area contributed by atoms with E-state index in [1.54, 1.807) is 42.5 Å². The Hall–Kier alpha value is -3.35. The zero-order valence-electron chi connectivity index (χ0n) is 15.6. The molecule has 2 aromatic carbocycles. The van der Waals surface area contributed by atoms with Crippen LogP contribution in [0.1, 0.15) is 22.8 Å². The topological polar surface area (TPSA) is 45.2 Å². The molecule has 0 spiro atoms. The second-order valence-electron chi connectivity index (χ2n) is 6.76. The van der Waals surface area contributed by atoms with Crippen LogP contribution < -0.4 is 10.2 Å². The number of rotatable bonds is 4. The smallest absolute Gasteiger partial charge is 0.348 e. The Balaban J connectivity index is 2.00. The number of Topliss-reactive ketones (excluding diaryl/α,β-unsaturated/α-hetero) is 1. The molecule has 0 saturated heterocycles. The Morgan fingerprint density at radius 2 is 1.76 bits per heavy atom. The first-order chi connectivity index (χ1) is 13.9. The fraction of sp³-hybridized carbons (Fsp3) is 0.182. The predicted molar refractivity (Wildman–Crippen MR) is 105 cm³/mol. The number of nitrogens with zero attached hydrogens (tertiary/aromatic N) is 2. The van der Waals surface area contributed by atoms with Gasteiger partial charge in [0, 0.05) is 17.4 Å². The number of hydrogen-bond donors (Lipinski definition) is 1.